The van der Waals surface area contributed by atoms with E-state index in [1.165, 1.54) is 25.7 Å². The van der Waals surface area contributed by atoms with E-state index in [2.05, 4.69) is 6.07 Å². The molecule has 1 saturated heterocycles. The summed E-state index contributed by atoms with van der Waals surface area (Å²) >= 11 is 0. The molecule has 0 aromatic heterocycles. The molecule has 20 heavy (non-hydrogen) atoms. The molecule has 1 saturated carbocycles. The normalized spacial score (nSPS) is 24.5. The average molecular weight is 271 g/mol. The van der Waals surface area contributed by atoms with Crippen LogP contribution in [-0.4, -0.2) is 18.3 Å². The van der Waals surface area contributed by atoms with Crippen LogP contribution in [0.2, 0.25) is 0 Å². The second kappa shape index (κ2) is 5.46. The summed E-state index contributed by atoms with van der Waals surface area (Å²) in [6.07, 6.45) is 7.04. The first-order valence-corrected chi connectivity index (χ1v) is 7.52. The lowest BCUT2D eigenvalue weighted by atomic mass is 9.90. The van der Waals surface area contributed by atoms with Crippen LogP contribution in [0.1, 0.15) is 49.7 Å². The summed E-state index contributed by atoms with van der Waals surface area (Å²) in [6.45, 7) is 2.82. The van der Waals surface area contributed by atoms with Crippen molar-refractivity contribution in [2.24, 2.45) is 0 Å². The van der Waals surface area contributed by atoms with Gasteiger partial charge in [0.1, 0.15) is 11.9 Å². The van der Waals surface area contributed by atoms with Gasteiger partial charge < -0.3 is 9.47 Å². The summed E-state index contributed by atoms with van der Waals surface area (Å²) in [4.78, 5) is 0. The Kier molecular flexibility index (Phi) is 3.67. The van der Waals surface area contributed by atoms with Crippen molar-refractivity contribution in [1.82, 2.24) is 0 Å². The number of ether oxygens (including phenoxy) is 2. The Labute approximate surface area is 120 Å². The van der Waals surface area contributed by atoms with Crippen molar-refractivity contribution >= 4 is 0 Å². The maximum Gasteiger partial charge on any atom is 0.123 e. The Morgan fingerprint density at radius 1 is 1.35 bits per heavy atom. The fraction of sp³-hybridized carbons (Fsp3) is 0.588. The van der Waals surface area contributed by atoms with Crippen LogP contribution in [0.3, 0.4) is 0 Å². The van der Waals surface area contributed by atoms with Crippen LogP contribution in [0, 0.1) is 18.3 Å². The van der Waals surface area contributed by atoms with Gasteiger partial charge in [0.05, 0.1) is 23.8 Å². The van der Waals surface area contributed by atoms with Gasteiger partial charge in [0.2, 0.25) is 0 Å². The zero-order valence-electron chi connectivity index (χ0n) is 12.0. The van der Waals surface area contributed by atoms with Gasteiger partial charge in [0, 0.05) is 12.8 Å². The fourth-order valence-electron chi connectivity index (χ4n) is 3.43. The summed E-state index contributed by atoms with van der Waals surface area (Å²) in [7, 11) is 0. The van der Waals surface area contributed by atoms with Gasteiger partial charge in [-0.05, 0) is 37.5 Å². The largest absolute Gasteiger partial charge is 0.490 e. The second-order valence-corrected chi connectivity index (χ2v) is 6.06. The van der Waals surface area contributed by atoms with Crippen molar-refractivity contribution in [2.45, 2.75) is 57.2 Å². The van der Waals surface area contributed by atoms with Crippen LogP contribution in [-0.2, 0) is 4.74 Å². The molecule has 2 aliphatic rings. The Morgan fingerprint density at radius 2 is 2.15 bits per heavy atom. The molecule has 1 atom stereocenters. The molecule has 0 N–H and O–H groups in total. The molecular weight excluding hydrogens is 250 g/mol. The number of hydrogen-bond donors (Lipinski definition) is 0. The van der Waals surface area contributed by atoms with Crippen LogP contribution in [0.15, 0.2) is 18.2 Å². The zero-order chi connectivity index (χ0) is 14.0. The number of benzene rings is 1. The number of rotatable bonds is 2. The van der Waals surface area contributed by atoms with Crippen LogP contribution in [0.4, 0.5) is 0 Å². The average Bonchev–Trinajstić information content (AvgIpc) is 2.89. The monoisotopic (exact) mass is 271 g/mol. The SMILES string of the molecule is Cc1ccc(C#N)cc1OC1CCOC2(CCCC2)C1. The molecule has 1 aliphatic heterocycles. The molecule has 0 radical (unpaired) electrons. The van der Waals surface area contributed by atoms with Crippen molar-refractivity contribution in [3.8, 4) is 11.8 Å². The molecule has 3 heteroatoms. The van der Waals surface area contributed by atoms with Gasteiger partial charge in [-0.1, -0.05) is 18.9 Å². The smallest absolute Gasteiger partial charge is 0.123 e. The number of nitriles is 1. The van der Waals surface area contributed by atoms with Gasteiger partial charge in [-0.3, -0.25) is 0 Å². The van der Waals surface area contributed by atoms with Gasteiger partial charge in [-0.2, -0.15) is 5.26 Å². The van der Waals surface area contributed by atoms with Gasteiger partial charge in [0.25, 0.3) is 0 Å². The topological polar surface area (TPSA) is 42.2 Å². The minimum atomic E-state index is 0.0731. The third-order valence-corrected chi connectivity index (χ3v) is 4.57. The number of hydrogen-bond acceptors (Lipinski definition) is 3. The Bertz CT molecular complexity index is 526. The van der Waals surface area contributed by atoms with E-state index < -0.39 is 0 Å². The lowest BCUT2D eigenvalue weighted by Crippen LogP contribution is -2.41. The Hall–Kier alpha value is -1.53. The second-order valence-electron chi connectivity index (χ2n) is 6.06. The van der Waals surface area contributed by atoms with Crippen LogP contribution in [0.5, 0.6) is 5.75 Å². The lowest BCUT2D eigenvalue weighted by Gasteiger charge is -2.38. The summed E-state index contributed by atoms with van der Waals surface area (Å²) < 4.78 is 12.2. The van der Waals surface area contributed by atoms with Crippen LogP contribution >= 0.6 is 0 Å². The molecule has 106 valence electrons. The first kappa shape index (κ1) is 13.5. The zero-order valence-corrected chi connectivity index (χ0v) is 12.0. The van der Waals surface area contributed by atoms with Crippen LogP contribution in [0.25, 0.3) is 0 Å². The van der Waals surface area contributed by atoms with E-state index in [4.69, 9.17) is 14.7 Å². The van der Waals surface area contributed by atoms with Crippen LogP contribution < -0.4 is 4.74 Å². The molecule has 1 spiro atoms. The predicted octanol–water partition coefficient (Wildman–Crippen LogP) is 3.74. The molecular formula is C17H21NO2. The molecule has 1 aliphatic carbocycles. The molecule has 0 amide bonds. The summed E-state index contributed by atoms with van der Waals surface area (Å²) in [5.41, 5.74) is 1.83. The highest BCUT2D eigenvalue weighted by Crippen LogP contribution is 2.41. The van der Waals surface area contributed by atoms with Gasteiger partial charge in [-0.15, -0.1) is 0 Å². The molecule has 1 unspecified atom stereocenters. The van der Waals surface area contributed by atoms with Gasteiger partial charge in [0.15, 0.2) is 0 Å². The summed E-state index contributed by atoms with van der Waals surface area (Å²) in [5, 5.41) is 9.00. The van der Waals surface area contributed by atoms with Crippen molar-refractivity contribution in [2.75, 3.05) is 6.61 Å². The Balaban J connectivity index is 1.73. The predicted molar refractivity (Wildman–Crippen MR) is 76.7 cm³/mol. The number of aryl methyl sites for hydroxylation is 1. The van der Waals surface area contributed by atoms with E-state index in [0.29, 0.717) is 5.56 Å². The third kappa shape index (κ3) is 2.66. The summed E-state index contributed by atoms with van der Waals surface area (Å²) in [5.74, 6) is 0.851. The Morgan fingerprint density at radius 3 is 2.90 bits per heavy atom. The quantitative estimate of drug-likeness (QED) is 0.823. The van der Waals surface area contributed by atoms with Crippen molar-refractivity contribution in [3.05, 3.63) is 29.3 Å². The maximum absolute atomic E-state index is 9.00. The molecule has 3 nitrogen and oxygen atoms in total. The van der Waals surface area contributed by atoms with E-state index in [0.717, 1.165) is 30.8 Å². The van der Waals surface area contributed by atoms with Crippen molar-refractivity contribution in [3.63, 3.8) is 0 Å². The minimum absolute atomic E-state index is 0.0731. The highest BCUT2D eigenvalue weighted by molar-refractivity contribution is 5.41. The van der Waals surface area contributed by atoms with E-state index in [9.17, 15) is 0 Å². The first-order chi connectivity index (χ1) is 9.71. The highest BCUT2D eigenvalue weighted by Gasteiger charge is 2.40. The third-order valence-electron chi connectivity index (χ3n) is 4.57. The minimum Gasteiger partial charge on any atom is -0.490 e. The summed E-state index contributed by atoms with van der Waals surface area (Å²) in [6, 6.07) is 7.82. The maximum atomic E-state index is 9.00. The molecule has 3 rings (SSSR count). The van der Waals surface area contributed by atoms with Gasteiger partial charge >= 0.3 is 0 Å². The molecule has 1 aromatic rings. The first-order valence-electron chi connectivity index (χ1n) is 7.52. The molecule has 1 heterocycles. The molecule has 0 bridgehead atoms. The molecule has 2 fully saturated rings. The van der Waals surface area contributed by atoms with E-state index >= 15 is 0 Å². The fourth-order valence-corrected chi connectivity index (χ4v) is 3.43. The lowest BCUT2D eigenvalue weighted by molar-refractivity contribution is -0.108. The number of nitrogens with zero attached hydrogens (tertiary/aromatic N) is 1. The van der Waals surface area contributed by atoms with E-state index in [-0.39, 0.29) is 11.7 Å². The van der Waals surface area contributed by atoms with E-state index in [1.807, 2.05) is 25.1 Å². The van der Waals surface area contributed by atoms with E-state index in [1.54, 1.807) is 0 Å². The highest BCUT2D eigenvalue weighted by atomic mass is 16.5. The van der Waals surface area contributed by atoms with Crippen molar-refractivity contribution in [1.29, 1.82) is 5.26 Å². The standard InChI is InChI=1S/C17H21NO2/c1-13-4-5-14(12-18)10-16(13)20-15-6-9-19-17(11-15)7-2-3-8-17/h4-5,10,15H,2-3,6-9,11H2,1H3. The van der Waals surface area contributed by atoms with Crippen molar-refractivity contribution < 1.29 is 9.47 Å². The van der Waals surface area contributed by atoms with Gasteiger partial charge in [-0.25, -0.2) is 0 Å². The molecule has 1 aromatic carbocycles.